The molecule has 1 aromatic carbocycles. The fourth-order valence-electron chi connectivity index (χ4n) is 2.16. The maximum atomic E-state index is 11.7. The van der Waals surface area contributed by atoms with Crippen LogP contribution in [-0.2, 0) is 4.79 Å². The molecule has 0 heterocycles. The van der Waals surface area contributed by atoms with Gasteiger partial charge in [-0.3, -0.25) is 0 Å². The molecule has 2 unspecified atom stereocenters. The highest BCUT2D eigenvalue weighted by molar-refractivity contribution is 9.10. The van der Waals surface area contributed by atoms with Gasteiger partial charge >= 0.3 is 5.97 Å². The number of benzene rings is 1. The summed E-state index contributed by atoms with van der Waals surface area (Å²) >= 11 is 3.41. The van der Waals surface area contributed by atoms with Crippen molar-refractivity contribution in [3.63, 3.8) is 0 Å². The summed E-state index contributed by atoms with van der Waals surface area (Å²) in [6, 6.07) is 7.63. The predicted octanol–water partition coefficient (Wildman–Crippen LogP) is 4.53. The van der Waals surface area contributed by atoms with Gasteiger partial charge in [-0.1, -0.05) is 49.2 Å². The zero-order chi connectivity index (χ0) is 14.5. The summed E-state index contributed by atoms with van der Waals surface area (Å²) in [6.45, 7) is 6.10. The number of carbonyl (C=O) groups is 1. The highest BCUT2D eigenvalue weighted by Crippen LogP contribution is 2.29. The standard InChI is InChI=1S/C15H22BrNO2/c1-4-11(3)10-15(5-2,14(18)19)17-13-8-6-7-12(16)9-13/h6-9,11,17H,4-5,10H2,1-3H3,(H,18,19). The molecular weight excluding hydrogens is 306 g/mol. The van der Waals surface area contributed by atoms with Gasteiger partial charge < -0.3 is 10.4 Å². The van der Waals surface area contributed by atoms with Gasteiger partial charge in [0.1, 0.15) is 5.54 Å². The lowest BCUT2D eigenvalue weighted by molar-refractivity contribution is -0.143. The molecule has 2 atom stereocenters. The molecule has 0 fully saturated rings. The van der Waals surface area contributed by atoms with Crippen LogP contribution in [0.4, 0.5) is 5.69 Å². The topological polar surface area (TPSA) is 49.3 Å². The van der Waals surface area contributed by atoms with Gasteiger partial charge in [0.25, 0.3) is 0 Å². The molecular formula is C15H22BrNO2. The molecule has 19 heavy (non-hydrogen) atoms. The average molecular weight is 328 g/mol. The van der Waals surface area contributed by atoms with Gasteiger partial charge in [-0.05, 0) is 37.0 Å². The molecule has 0 aliphatic carbocycles. The summed E-state index contributed by atoms with van der Waals surface area (Å²) in [6.07, 6.45) is 2.16. The number of halogens is 1. The maximum Gasteiger partial charge on any atom is 0.329 e. The second-order valence-electron chi connectivity index (χ2n) is 5.09. The minimum atomic E-state index is -0.893. The molecule has 0 radical (unpaired) electrons. The van der Waals surface area contributed by atoms with Crippen molar-refractivity contribution in [2.24, 2.45) is 5.92 Å². The van der Waals surface area contributed by atoms with E-state index in [1.165, 1.54) is 0 Å². The van der Waals surface area contributed by atoms with Crippen LogP contribution < -0.4 is 5.32 Å². The van der Waals surface area contributed by atoms with E-state index in [0.717, 1.165) is 16.6 Å². The van der Waals surface area contributed by atoms with E-state index in [0.29, 0.717) is 18.8 Å². The monoisotopic (exact) mass is 327 g/mol. The second kappa shape index (κ2) is 6.94. The van der Waals surface area contributed by atoms with Gasteiger partial charge in [-0.15, -0.1) is 0 Å². The molecule has 0 aliphatic rings. The summed E-state index contributed by atoms with van der Waals surface area (Å²) in [5, 5.41) is 12.8. The molecule has 3 nitrogen and oxygen atoms in total. The van der Waals surface area contributed by atoms with E-state index in [1.807, 2.05) is 31.2 Å². The van der Waals surface area contributed by atoms with E-state index in [1.54, 1.807) is 0 Å². The fraction of sp³-hybridized carbons (Fsp3) is 0.533. The molecule has 4 heteroatoms. The molecule has 2 N–H and O–H groups in total. The number of hydrogen-bond acceptors (Lipinski definition) is 2. The van der Waals surface area contributed by atoms with Gasteiger partial charge in [0.2, 0.25) is 0 Å². The number of anilines is 1. The Morgan fingerprint density at radius 3 is 2.63 bits per heavy atom. The third kappa shape index (κ3) is 4.23. The highest BCUT2D eigenvalue weighted by atomic mass is 79.9. The van der Waals surface area contributed by atoms with Crippen molar-refractivity contribution in [2.75, 3.05) is 5.32 Å². The first kappa shape index (κ1) is 16.0. The van der Waals surface area contributed by atoms with Gasteiger partial charge in [0.05, 0.1) is 0 Å². The normalized spacial score (nSPS) is 15.6. The largest absolute Gasteiger partial charge is 0.480 e. The number of rotatable bonds is 7. The van der Waals surface area contributed by atoms with Crippen molar-refractivity contribution in [1.82, 2.24) is 0 Å². The molecule has 1 rings (SSSR count). The molecule has 1 aromatic rings. The summed E-state index contributed by atoms with van der Waals surface area (Å²) in [7, 11) is 0. The van der Waals surface area contributed by atoms with Crippen LogP contribution in [0, 0.1) is 5.92 Å². The van der Waals surface area contributed by atoms with Gasteiger partial charge in [-0.25, -0.2) is 4.79 Å². The Kier molecular flexibility index (Phi) is 5.85. The number of nitrogens with one attached hydrogen (secondary N) is 1. The van der Waals surface area contributed by atoms with Crippen molar-refractivity contribution >= 4 is 27.6 Å². The molecule has 0 aliphatic heterocycles. The Hall–Kier alpha value is -1.03. The van der Waals surface area contributed by atoms with E-state index in [-0.39, 0.29) is 0 Å². The van der Waals surface area contributed by atoms with Crippen LogP contribution in [0.2, 0.25) is 0 Å². The van der Waals surface area contributed by atoms with Crippen molar-refractivity contribution in [3.8, 4) is 0 Å². The summed E-state index contributed by atoms with van der Waals surface area (Å²) in [5.41, 5.74) is -0.0575. The van der Waals surface area contributed by atoms with E-state index in [4.69, 9.17) is 0 Å². The lowest BCUT2D eigenvalue weighted by Crippen LogP contribution is -2.47. The Labute approximate surface area is 123 Å². The van der Waals surface area contributed by atoms with Crippen LogP contribution in [0.25, 0.3) is 0 Å². The summed E-state index contributed by atoms with van der Waals surface area (Å²) < 4.78 is 0.941. The fourth-order valence-corrected chi connectivity index (χ4v) is 2.56. The maximum absolute atomic E-state index is 11.7. The van der Waals surface area contributed by atoms with Gasteiger partial charge in [0, 0.05) is 10.2 Å². The number of carboxylic acids is 1. The van der Waals surface area contributed by atoms with Crippen molar-refractivity contribution in [1.29, 1.82) is 0 Å². The van der Waals surface area contributed by atoms with Gasteiger partial charge in [-0.2, -0.15) is 0 Å². The number of aliphatic carboxylic acids is 1. The number of carboxylic acid groups (broad SMARTS) is 1. The Bertz CT molecular complexity index is 436. The minimum absolute atomic E-state index is 0.371. The smallest absolute Gasteiger partial charge is 0.329 e. The van der Waals surface area contributed by atoms with E-state index in [9.17, 15) is 9.90 Å². The first-order valence-electron chi connectivity index (χ1n) is 6.70. The van der Waals surface area contributed by atoms with Crippen LogP contribution in [0.5, 0.6) is 0 Å². The highest BCUT2D eigenvalue weighted by Gasteiger charge is 2.37. The minimum Gasteiger partial charge on any atom is -0.480 e. The molecule has 0 amide bonds. The van der Waals surface area contributed by atoms with Crippen molar-refractivity contribution < 1.29 is 9.90 Å². The van der Waals surface area contributed by atoms with Crippen LogP contribution in [0.1, 0.15) is 40.0 Å². The Morgan fingerprint density at radius 1 is 1.47 bits per heavy atom. The predicted molar refractivity (Wildman–Crippen MR) is 82.5 cm³/mol. The van der Waals surface area contributed by atoms with Crippen molar-refractivity contribution in [3.05, 3.63) is 28.7 Å². The summed E-state index contributed by atoms with van der Waals surface area (Å²) in [4.78, 5) is 11.7. The van der Waals surface area contributed by atoms with E-state index < -0.39 is 11.5 Å². The van der Waals surface area contributed by atoms with Gasteiger partial charge in [0.15, 0.2) is 0 Å². The number of hydrogen-bond donors (Lipinski definition) is 2. The SMILES string of the molecule is CCC(C)CC(CC)(Nc1cccc(Br)c1)C(=O)O. The lowest BCUT2D eigenvalue weighted by Gasteiger charge is -2.33. The van der Waals surface area contributed by atoms with E-state index in [2.05, 4.69) is 35.1 Å². The molecule has 106 valence electrons. The van der Waals surface area contributed by atoms with Crippen molar-refractivity contribution in [2.45, 2.75) is 45.6 Å². The Morgan fingerprint density at radius 2 is 2.16 bits per heavy atom. The first-order chi connectivity index (χ1) is 8.93. The van der Waals surface area contributed by atoms with Crippen LogP contribution in [-0.4, -0.2) is 16.6 Å². The van der Waals surface area contributed by atoms with Crippen LogP contribution >= 0.6 is 15.9 Å². The van der Waals surface area contributed by atoms with Crippen LogP contribution in [0.3, 0.4) is 0 Å². The third-order valence-electron chi connectivity index (χ3n) is 3.62. The zero-order valence-electron chi connectivity index (χ0n) is 11.7. The summed E-state index contributed by atoms with van der Waals surface area (Å²) in [5.74, 6) is -0.411. The van der Waals surface area contributed by atoms with E-state index >= 15 is 0 Å². The molecule has 0 bridgehead atoms. The third-order valence-corrected chi connectivity index (χ3v) is 4.11. The van der Waals surface area contributed by atoms with Crippen LogP contribution in [0.15, 0.2) is 28.7 Å². The first-order valence-corrected chi connectivity index (χ1v) is 7.50. The zero-order valence-corrected chi connectivity index (χ0v) is 13.3. The Balaban J connectivity index is 3.00. The molecule has 0 saturated heterocycles. The molecule has 0 aromatic heterocycles. The quantitative estimate of drug-likeness (QED) is 0.773. The second-order valence-corrected chi connectivity index (χ2v) is 6.01. The molecule has 0 saturated carbocycles. The molecule has 0 spiro atoms. The average Bonchev–Trinajstić information content (AvgIpc) is 2.37. The lowest BCUT2D eigenvalue weighted by atomic mass is 9.84.